The van der Waals surface area contributed by atoms with Crippen LogP contribution in [-0.4, -0.2) is 4.57 Å². The molecule has 4 heteroatoms. The number of benzene rings is 1. The second-order valence-electron chi connectivity index (χ2n) is 5.75. The van der Waals surface area contributed by atoms with Crippen molar-refractivity contribution in [2.24, 2.45) is 4.99 Å². The monoisotopic (exact) mass is 312 g/mol. The van der Waals surface area contributed by atoms with Gasteiger partial charge in [0.1, 0.15) is 0 Å². The largest absolute Gasteiger partial charge is 0.463 e. The van der Waals surface area contributed by atoms with Gasteiger partial charge >= 0.3 is 0 Å². The summed E-state index contributed by atoms with van der Waals surface area (Å²) >= 11 is 1.65. The molecule has 0 saturated carbocycles. The van der Waals surface area contributed by atoms with Gasteiger partial charge in [-0.25, -0.2) is 4.99 Å². The summed E-state index contributed by atoms with van der Waals surface area (Å²) in [4.78, 5) is 5.89. The number of furan rings is 1. The number of aryl methyl sites for hydroxylation is 2. The number of aromatic nitrogens is 1. The SMILES string of the molecule is Cc1ccc(C)c(N=c2scc(-c3ccco3)n2C(C)C)c1. The third-order valence-electron chi connectivity index (χ3n) is 3.61. The van der Waals surface area contributed by atoms with Gasteiger partial charge in [-0.2, -0.15) is 0 Å². The van der Waals surface area contributed by atoms with Gasteiger partial charge in [0.25, 0.3) is 0 Å². The van der Waals surface area contributed by atoms with Crippen molar-refractivity contribution in [3.63, 3.8) is 0 Å². The highest BCUT2D eigenvalue weighted by Crippen LogP contribution is 2.25. The number of nitrogens with zero attached hydrogens (tertiary/aromatic N) is 2. The topological polar surface area (TPSA) is 30.4 Å². The molecule has 0 spiro atoms. The van der Waals surface area contributed by atoms with Crippen LogP contribution in [0.4, 0.5) is 5.69 Å². The number of thiazole rings is 1. The zero-order valence-corrected chi connectivity index (χ0v) is 14.1. The molecule has 0 radical (unpaired) electrons. The molecule has 0 atom stereocenters. The highest BCUT2D eigenvalue weighted by atomic mass is 32.1. The summed E-state index contributed by atoms with van der Waals surface area (Å²) in [7, 11) is 0. The molecule has 3 nitrogen and oxygen atoms in total. The lowest BCUT2D eigenvalue weighted by molar-refractivity contribution is 0.548. The summed E-state index contributed by atoms with van der Waals surface area (Å²) in [5, 5.41) is 2.11. The Morgan fingerprint density at radius 1 is 1.18 bits per heavy atom. The molecule has 2 heterocycles. The van der Waals surface area contributed by atoms with E-state index in [1.165, 1.54) is 11.1 Å². The van der Waals surface area contributed by atoms with Gasteiger partial charge in [0.2, 0.25) is 0 Å². The normalized spacial score (nSPS) is 12.3. The minimum Gasteiger partial charge on any atom is -0.463 e. The Morgan fingerprint density at radius 2 is 2.00 bits per heavy atom. The van der Waals surface area contributed by atoms with Crippen molar-refractivity contribution >= 4 is 17.0 Å². The van der Waals surface area contributed by atoms with Crippen molar-refractivity contribution < 1.29 is 4.42 Å². The van der Waals surface area contributed by atoms with Crippen LogP contribution in [0.1, 0.15) is 31.0 Å². The van der Waals surface area contributed by atoms with Crippen molar-refractivity contribution in [3.8, 4) is 11.5 Å². The third-order valence-corrected chi connectivity index (χ3v) is 4.45. The first kappa shape index (κ1) is 14.9. The standard InChI is InChI=1S/C18H20N2OS/c1-12(2)20-16(17-6-5-9-21-17)11-22-18(20)19-15-10-13(3)7-8-14(15)4/h5-12H,1-4H3. The molecule has 1 aromatic carbocycles. The first-order valence-corrected chi connectivity index (χ1v) is 8.30. The third kappa shape index (κ3) is 2.79. The number of hydrogen-bond acceptors (Lipinski definition) is 3. The molecule has 0 bridgehead atoms. The second-order valence-corrected chi connectivity index (χ2v) is 6.58. The van der Waals surface area contributed by atoms with Crippen LogP contribution in [0.5, 0.6) is 0 Å². The minimum atomic E-state index is 0.315. The van der Waals surface area contributed by atoms with Crippen LogP contribution in [0.25, 0.3) is 11.5 Å². The van der Waals surface area contributed by atoms with E-state index in [0.29, 0.717) is 6.04 Å². The predicted octanol–water partition coefficient (Wildman–Crippen LogP) is 5.24. The molecule has 3 rings (SSSR count). The Bertz CT molecular complexity index is 838. The van der Waals surface area contributed by atoms with E-state index in [1.807, 2.05) is 12.1 Å². The van der Waals surface area contributed by atoms with Crippen LogP contribution >= 0.6 is 11.3 Å². The highest BCUT2D eigenvalue weighted by molar-refractivity contribution is 7.07. The van der Waals surface area contributed by atoms with Gasteiger partial charge in [-0.05, 0) is 57.0 Å². The summed E-state index contributed by atoms with van der Waals surface area (Å²) < 4.78 is 7.79. The van der Waals surface area contributed by atoms with E-state index < -0.39 is 0 Å². The van der Waals surface area contributed by atoms with Crippen molar-refractivity contribution in [1.82, 2.24) is 4.57 Å². The molecule has 0 aliphatic carbocycles. The number of rotatable bonds is 3. The predicted molar refractivity (Wildman–Crippen MR) is 91.5 cm³/mol. The van der Waals surface area contributed by atoms with Gasteiger partial charge in [-0.1, -0.05) is 12.1 Å². The molecular weight excluding hydrogens is 292 g/mol. The van der Waals surface area contributed by atoms with Crippen molar-refractivity contribution in [1.29, 1.82) is 0 Å². The molecule has 0 aliphatic heterocycles. The first-order valence-electron chi connectivity index (χ1n) is 7.42. The number of hydrogen-bond donors (Lipinski definition) is 0. The Kier molecular flexibility index (Phi) is 4.03. The van der Waals surface area contributed by atoms with E-state index >= 15 is 0 Å². The molecule has 0 unspecified atom stereocenters. The molecule has 22 heavy (non-hydrogen) atoms. The maximum atomic E-state index is 5.56. The Hall–Kier alpha value is -2.07. The smallest absolute Gasteiger partial charge is 0.190 e. The second kappa shape index (κ2) is 5.97. The average Bonchev–Trinajstić information content (AvgIpc) is 3.11. The fourth-order valence-corrected chi connectivity index (χ4v) is 3.47. The van der Waals surface area contributed by atoms with Gasteiger partial charge in [0.15, 0.2) is 10.6 Å². The Labute approximate surface area is 134 Å². The summed E-state index contributed by atoms with van der Waals surface area (Å²) in [5.74, 6) is 0.882. The van der Waals surface area contributed by atoms with E-state index in [4.69, 9.17) is 9.41 Å². The van der Waals surface area contributed by atoms with Gasteiger partial charge in [-0.15, -0.1) is 11.3 Å². The lowest BCUT2D eigenvalue weighted by atomic mass is 10.1. The molecule has 114 valence electrons. The first-order chi connectivity index (χ1) is 10.6. The van der Waals surface area contributed by atoms with Crippen LogP contribution in [0.2, 0.25) is 0 Å². The van der Waals surface area contributed by atoms with E-state index in [1.54, 1.807) is 17.6 Å². The maximum absolute atomic E-state index is 5.56. The molecule has 0 aliphatic rings. The molecule has 0 saturated heterocycles. The van der Waals surface area contributed by atoms with Gasteiger partial charge < -0.3 is 8.98 Å². The summed E-state index contributed by atoms with van der Waals surface area (Å²) in [6.07, 6.45) is 1.71. The van der Waals surface area contributed by atoms with Crippen molar-refractivity contribution in [2.45, 2.75) is 33.7 Å². The van der Waals surface area contributed by atoms with Crippen LogP contribution in [-0.2, 0) is 0 Å². The summed E-state index contributed by atoms with van der Waals surface area (Å²) in [6, 6.07) is 10.6. The van der Waals surface area contributed by atoms with Crippen LogP contribution in [0.15, 0.2) is 51.4 Å². The van der Waals surface area contributed by atoms with Crippen LogP contribution < -0.4 is 4.80 Å². The van der Waals surface area contributed by atoms with E-state index in [-0.39, 0.29) is 0 Å². The highest BCUT2D eigenvalue weighted by Gasteiger charge is 2.13. The van der Waals surface area contributed by atoms with Crippen LogP contribution in [0, 0.1) is 13.8 Å². The quantitative estimate of drug-likeness (QED) is 0.650. The van der Waals surface area contributed by atoms with Crippen molar-refractivity contribution in [2.75, 3.05) is 0 Å². The lowest BCUT2D eigenvalue weighted by Gasteiger charge is -2.11. The maximum Gasteiger partial charge on any atom is 0.190 e. The molecule has 0 fully saturated rings. The van der Waals surface area contributed by atoms with Crippen LogP contribution in [0.3, 0.4) is 0 Å². The van der Waals surface area contributed by atoms with Crippen molar-refractivity contribution in [3.05, 3.63) is 57.9 Å². The lowest BCUT2D eigenvalue weighted by Crippen LogP contribution is -2.17. The average molecular weight is 312 g/mol. The van der Waals surface area contributed by atoms with Gasteiger partial charge in [0.05, 0.1) is 17.6 Å². The molecule has 2 aromatic heterocycles. The molecule has 0 N–H and O–H groups in total. The van der Waals surface area contributed by atoms with Gasteiger partial charge in [0, 0.05) is 11.4 Å². The van der Waals surface area contributed by atoms with E-state index in [0.717, 1.165) is 21.9 Å². The summed E-state index contributed by atoms with van der Waals surface area (Å²) in [6.45, 7) is 8.53. The molecular formula is C18H20N2OS. The fraction of sp³-hybridized carbons (Fsp3) is 0.278. The summed E-state index contributed by atoms with van der Waals surface area (Å²) in [5.41, 5.74) is 4.52. The van der Waals surface area contributed by atoms with E-state index in [9.17, 15) is 0 Å². The zero-order chi connectivity index (χ0) is 15.7. The molecule has 3 aromatic rings. The fourth-order valence-electron chi connectivity index (χ4n) is 2.45. The van der Waals surface area contributed by atoms with Gasteiger partial charge in [-0.3, -0.25) is 0 Å². The Morgan fingerprint density at radius 3 is 2.68 bits per heavy atom. The molecule has 0 amide bonds. The zero-order valence-electron chi connectivity index (χ0n) is 13.3. The Balaban J connectivity index is 2.19. The minimum absolute atomic E-state index is 0.315. The van der Waals surface area contributed by atoms with E-state index in [2.05, 4.69) is 55.8 Å².